The van der Waals surface area contributed by atoms with Crippen molar-refractivity contribution in [3.05, 3.63) is 52.8 Å². The van der Waals surface area contributed by atoms with Crippen LogP contribution in [0.4, 0.5) is 0 Å². The normalized spacial score (nSPS) is 12.7. The van der Waals surface area contributed by atoms with Gasteiger partial charge in [0, 0.05) is 13.2 Å². The Balaban J connectivity index is 2.50. The molecule has 0 spiro atoms. The Morgan fingerprint density at radius 1 is 1.24 bits per heavy atom. The summed E-state index contributed by atoms with van der Waals surface area (Å²) in [4.78, 5) is 0. The zero-order valence-electron chi connectivity index (χ0n) is 10.9. The maximum atomic E-state index is 4.24. The van der Waals surface area contributed by atoms with Gasteiger partial charge in [0.25, 0.3) is 0 Å². The van der Waals surface area contributed by atoms with E-state index in [-0.39, 0.29) is 6.04 Å². The molecule has 0 aliphatic rings. The average Bonchev–Trinajstić information content (AvgIpc) is 2.72. The molecule has 1 N–H and O–H groups in total. The summed E-state index contributed by atoms with van der Waals surface area (Å²) < 4.78 is 1.92. The number of hydrogen-bond acceptors (Lipinski definition) is 2. The molecule has 0 fully saturated rings. The molecule has 0 amide bonds. The van der Waals surface area contributed by atoms with Crippen LogP contribution in [0.1, 0.15) is 28.4 Å². The Labute approximate surface area is 102 Å². The Morgan fingerprint density at radius 2 is 2.00 bits per heavy atom. The van der Waals surface area contributed by atoms with Crippen LogP contribution in [0.3, 0.4) is 0 Å². The van der Waals surface area contributed by atoms with E-state index in [0.717, 1.165) is 0 Å². The summed E-state index contributed by atoms with van der Waals surface area (Å²) in [6.45, 7) is 4.32. The van der Waals surface area contributed by atoms with Crippen molar-refractivity contribution >= 4 is 0 Å². The lowest BCUT2D eigenvalue weighted by Gasteiger charge is -2.20. The van der Waals surface area contributed by atoms with Crippen molar-refractivity contribution in [3.8, 4) is 0 Å². The van der Waals surface area contributed by atoms with E-state index in [0.29, 0.717) is 0 Å². The lowest BCUT2D eigenvalue weighted by Crippen LogP contribution is -2.21. The summed E-state index contributed by atoms with van der Waals surface area (Å²) >= 11 is 0. The molecule has 2 aromatic rings. The Hall–Kier alpha value is -1.61. The predicted octanol–water partition coefficient (Wildman–Crippen LogP) is 2.35. The fourth-order valence-corrected chi connectivity index (χ4v) is 2.22. The molecular formula is C14H19N3. The van der Waals surface area contributed by atoms with Crippen LogP contribution >= 0.6 is 0 Å². The summed E-state index contributed by atoms with van der Waals surface area (Å²) in [5, 5.41) is 7.61. The third kappa shape index (κ3) is 2.11. The molecule has 3 nitrogen and oxygen atoms in total. The fourth-order valence-electron chi connectivity index (χ4n) is 2.22. The van der Waals surface area contributed by atoms with Crippen LogP contribution < -0.4 is 5.32 Å². The van der Waals surface area contributed by atoms with Crippen LogP contribution in [-0.4, -0.2) is 16.8 Å². The van der Waals surface area contributed by atoms with E-state index in [2.05, 4.69) is 48.5 Å². The molecule has 1 unspecified atom stereocenters. The number of hydrogen-bond donors (Lipinski definition) is 1. The van der Waals surface area contributed by atoms with Gasteiger partial charge in [0.1, 0.15) is 0 Å². The highest BCUT2D eigenvalue weighted by Crippen LogP contribution is 2.25. The molecule has 3 heteroatoms. The Bertz CT molecular complexity index is 514. The Morgan fingerprint density at radius 3 is 2.59 bits per heavy atom. The number of benzene rings is 1. The first-order valence-electron chi connectivity index (χ1n) is 5.86. The van der Waals surface area contributed by atoms with E-state index in [1.165, 1.54) is 22.4 Å². The molecule has 0 bridgehead atoms. The van der Waals surface area contributed by atoms with Gasteiger partial charge in [0.05, 0.1) is 11.7 Å². The topological polar surface area (TPSA) is 29.9 Å². The molecule has 1 aromatic heterocycles. The van der Waals surface area contributed by atoms with Crippen molar-refractivity contribution in [1.82, 2.24) is 15.1 Å². The highest BCUT2D eigenvalue weighted by Gasteiger charge is 2.17. The third-order valence-electron chi connectivity index (χ3n) is 3.40. The Kier molecular flexibility index (Phi) is 3.29. The minimum atomic E-state index is 0.197. The largest absolute Gasteiger partial charge is 0.308 e. The first-order valence-corrected chi connectivity index (χ1v) is 5.86. The van der Waals surface area contributed by atoms with E-state index < -0.39 is 0 Å². The van der Waals surface area contributed by atoms with Gasteiger partial charge in [0.15, 0.2) is 0 Å². The van der Waals surface area contributed by atoms with Gasteiger partial charge in [-0.25, -0.2) is 0 Å². The average molecular weight is 229 g/mol. The van der Waals surface area contributed by atoms with Gasteiger partial charge in [-0.05, 0) is 43.7 Å². The van der Waals surface area contributed by atoms with Gasteiger partial charge in [-0.2, -0.15) is 5.10 Å². The fraction of sp³-hybridized carbons (Fsp3) is 0.357. The molecule has 1 aromatic carbocycles. The predicted molar refractivity (Wildman–Crippen MR) is 70.0 cm³/mol. The van der Waals surface area contributed by atoms with Gasteiger partial charge < -0.3 is 5.32 Å². The molecule has 0 saturated heterocycles. The zero-order chi connectivity index (χ0) is 12.4. The molecule has 2 rings (SSSR count). The molecule has 1 atom stereocenters. The summed E-state index contributed by atoms with van der Waals surface area (Å²) in [5.41, 5.74) is 5.16. The quantitative estimate of drug-likeness (QED) is 0.875. The number of aryl methyl sites for hydroxylation is 2. The minimum absolute atomic E-state index is 0.197. The van der Waals surface area contributed by atoms with Crippen molar-refractivity contribution < 1.29 is 0 Å². The molecule has 0 aliphatic carbocycles. The lowest BCUT2D eigenvalue weighted by atomic mass is 9.95. The van der Waals surface area contributed by atoms with E-state index in [4.69, 9.17) is 0 Å². The van der Waals surface area contributed by atoms with Crippen LogP contribution in [0, 0.1) is 13.8 Å². The van der Waals surface area contributed by atoms with Crippen molar-refractivity contribution in [2.45, 2.75) is 19.9 Å². The van der Waals surface area contributed by atoms with E-state index in [1.807, 2.05) is 25.0 Å². The first kappa shape index (κ1) is 11.9. The zero-order valence-corrected chi connectivity index (χ0v) is 10.9. The smallest absolute Gasteiger partial charge is 0.0748 e. The number of aromatic nitrogens is 2. The SMILES string of the molecule is CNC(c1cccc(C)c1C)c1ccnn1C. The highest BCUT2D eigenvalue weighted by molar-refractivity contribution is 5.38. The number of nitrogens with zero attached hydrogens (tertiary/aromatic N) is 2. The summed E-state index contributed by atoms with van der Waals surface area (Å²) in [6, 6.07) is 8.69. The minimum Gasteiger partial charge on any atom is -0.308 e. The van der Waals surface area contributed by atoms with Gasteiger partial charge in [-0.1, -0.05) is 18.2 Å². The van der Waals surface area contributed by atoms with Crippen LogP contribution in [0.5, 0.6) is 0 Å². The summed E-state index contributed by atoms with van der Waals surface area (Å²) in [5.74, 6) is 0. The van der Waals surface area contributed by atoms with Crippen molar-refractivity contribution in [1.29, 1.82) is 0 Å². The highest BCUT2D eigenvalue weighted by atomic mass is 15.3. The van der Waals surface area contributed by atoms with E-state index in [9.17, 15) is 0 Å². The van der Waals surface area contributed by atoms with Crippen molar-refractivity contribution in [2.75, 3.05) is 7.05 Å². The molecule has 90 valence electrons. The van der Waals surface area contributed by atoms with Gasteiger partial charge in [0.2, 0.25) is 0 Å². The summed E-state index contributed by atoms with van der Waals surface area (Å²) in [7, 11) is 3.96. The van der Waals surface area contributed by atoms with Crippen LogP contribution in [0.2, 0.25) is 0 Å². The van der Waals surface area contributed by atoms with Crippen LogP contribution in [-0.2, 0) is 7.05 Å². The maximum Gasteiger partial charge on any atom is 0.0748 e. The second-order valence-electron chi connectivity index (χ2n) is 4.39. The number of nitrogens with one attached hydrogen (secondary N) is 1. The molecule has 0 saturated carbocycles. The van der Waals surface area contributed by atoms with E-state index >= 15 is 0 Å². The number of rotatable bonds is 3. The van der Waals surface area contributed by atoms with Crippen molar-refractivity contribution in [2.24, 2.45) is 7.05 Å². The summed E-state index contributed by atoms with van der Waals surface area (Å²) in [6.07, 6.45) is 1.84. The van der Waals surface area contributed by atoms with E-state index in [1.54, 1.807) is 0 Å². The molecule has 0 aliphatic heterocycles. The monoisotopic (exact) mass is 229 g/mol. The first-order chi connectivity index (χ1) is 8.15. The molecule has 1 heterocycles. The second-order valence-corrected chi connectivity index (χ2v) is 4.39. The van der Waals surface area contributed by atoms with Gasteiger partial charge >= 0.3 is 0 Å². The van der Waals surface area contributed by atoms with Crippen LogP contribution in [0.25, 0.3) is 0 Å². The third-order valence-corrected chi connectivity index (χ3v) is 3.40. The molecular weight excluding hydrogens is 210 g/mol. The van der Waals surface area contributed by atoms with Crippen molar-refractivity contribution in [3.63, 3.8) is 0 Å². The van der Waals surface area contributed by atoms with Gasteiger partial charge in [-0.3, -0.25) is 4.68 Å². The maximum absolute atomic E-state index is 4.24. The van der Waals surface area contributed by atoms with Crippen LogP contribution in [0.15, 0.2) is 30.5 Å². The standard InChI is InChI=1S/C14H19N3/c1-10-6-5-7-12(11(10)2)14(15-3)13-8-9-16-17(13)4/h5-9,14-15H,1-4H3. The lowest BCUT2D eigenvalue weighted by molar-refractivity contribution is 0.603. The second kappa shape index (κ2) is 4.72. The molecule has 0 radical (unpaired) electrons. The van der Waals surface area contributed by atoms with Gasteiger partial charge in [-0.15, -0.1) is 0 Å². The molecule has 17 heavy (non-hydrogen) atoms.